The Hall–Kier alpha value is 1.20. The zero-order valence-electron chi connectivity index (χ0n) is 4.23. The predicted octanol–water partition coefficient (Wildman–Crippen LogP) is 0.636. The SMILES string of the molecule is CC(C)(I)C(=O)O.[NaH]. The molecule has 0 atom stereocenters. The Morgan fingerprint density at radius 3 is 1.75 bits per heavy atom. The van der Waals surface area contributed by atoms with Crippen LogP contribution in [0.4, 0.5) is 0 Å². The number of hydrogen-bond donors (Lipinski definition) is 1. The van der Waals surface area contributed by atoms with Gasteiger partial charge in [-0.1, -0.05) is 22.6 Å². The standard InChI is InChI=1S/C4H7IO2.Na.H/c1-4(2,5)3(6)7;;/h1-2H3,(H,6,7);;. The number of rotatable bonds is 1. The van der Waals surface area contributed by atoms with Crippen LogP contribution >= 0.6 is 22.6 Å². The molecule has 0 rings (SSSR count). The van der Waals surface area contributed by atoms with E-state index in [1.807, 2.05) is 22.6 Å². The molecule has 0 heterocycles. The molecule has 0 aromatic rings. The van der Waals surface area contributed by atoms with Crippen molar-refractivity contribution in [2.24, 2.45) is 0 Å². The summed E-state index contributed by atoms with van der Waals surface area (Å²) in [6.07, 6.45) is 0. The molecule has 0 saturated carbocycles. The van der Waals surface area contributed by atoms with Crippen LogP contribution in [0.1, 0.15) is 13.8 Å². The van der Waals surface area contributed by atoms with Crippen LogP contribution in [0.15, 0.2) is 0 Å². The Morgan fingerprint density at radius 1 is 1.62 bits per heavy atom. The molecule has 0 aliphatic heterocycles. The van der Waals surface area contributed by atoms with Gasteiger partial charge in [0.25, 0.3) is 0 Å². The first-order chi connectivity index (χ1) is 2.94. The minimum atomic E-state index is -0.770. The van der Waals surface area contributed by atoms with Crippen molar-refractivity contribution in [2.75, 3.05) is 0 Å². The molecule has 0 bridgehead atoms. The summed E-state index contributed by atoms with van der Waals surface area (Å²) >= 11 is 1.87. The third-order valence-electron chi connectivity index (χ3n) is 0.509. The summed E-state index contributed by atoms with van der Waals surface area (Å²) in [5, 5.41) is 8.24. The summed E-state index contributed by atoms with van der Waals surface area (Å²) in [5.41, 5.74) is 0. The van der Waals surface area contributed by atoms with E-state index in [1.165, 1.54) is 0 Å². The molecule has 0 fully saturated rings. The van der Waals surface area contributed by atoms with Crippen LogP contribution in [0.2, 0.25) is 0 Å². The molecule has 44 valence electrons. The average molecular weight is 238 g/mol. The molecule has 0 aliphatic rings. The minimum absolute atomic E-state index is 0. The van der Waals surface area contributed by atoms with E-state index < -0.39 is 9.39 Å². The summed E-state index contributed by atoms with van der Waals surface area (Å²) in [6, 6.07) is 0. The van der Waals surface area contributed by atoms with Crippen LogP contribution in [0.5, 0.6) is 0 Å². The van der Waals surface area contributed by atoms with E-state index in [-0.39, 0.29) is 29.6 Å². The number of carboxylic acids is 1. The Balaban J connectivity index is 0. The molecule has 0 aromatic carbocycles. The van der Waals surface area contributed by atoms with Crippen molar-refractivity contribution < 1.29 is 9.90 Å². The Labute approximate surface area is 84.5 Å². The van der Waals surface area contributed by atoms with Gasteiger partial charge in [0, 0.05) is 0 Å². The van der Waals surface area contributed by atoms with Crippen LogP contribution in [0.25, 0.3) is 0 Å². The fraction of sp³-hybridized carbons (Fsp3) is 0.750. The van der Waals surface area contributed by atoms with Gasteiger partial charge in [-0.2, -0.15) is 0 Å². The first-order valence-corrected chi connectivity index (χ1v) is 2.95. The number of hydrogen-bond acceptors (Lipinski definition) is 1. The van der Waals surface area contributed by atoms with E-state index in [9.17, 15) is 4.79 Å². The van der Waals surface area contributed by atoms with E-state index in [4.69, 9.17) is 5.11 Å². The van der Waals surface area contributed by atoms with Gasteiger partial charge in [0.15, 0.2) is 0 Å². The molecule has 0 aromatic heterocycles. The van der Waals surface area contributed by atoms with Crippen LogP contribution in [-0.4, -0.2) is 44.1 Å². The molecular weight excluding hydrogens is 230 g/mol. The van der Waals surface area contributed by atoms with Crippen LogP contribution in [-0.2, 0) is 4.79 Å². The van der Waals surface area contributed by atoms with Gasteiger partial charge in [0.05, 0.1) is 0 Å². The van der Waals surface area contributed by atoms with E-state index in [0.29, 0.717) is 0 Å². The number of carbonyl (C=O) groups is 1. The third-order valence-corrected chi connectivity index (χ3v) is 0.970. The molecule has 1 N–H and O–H groups in total. The van der Waals surface area contributed by atoms with Crippen molar-refractivity contribution in [1.82, 2.24) is 0 Å². The molecule has 0 spiro atoms. The van der Waals surface area contributed by atoms with Gasteiger partial charge < -0.3 is 5.11 Å². The molecule has 2 nitrogen and oxygen atoms in total. The van der Waals surface area contributed by atoms with Gasteiger partial charge in [0.1, 0.15) is 3.42 Å². The predicted molar refractivity (Wildman–Crippen MR) is 42.9 cm³/mol. The first kappa shape index (κ1) is 11.9. The topological polar surface area (TPSA) is 37.3 Å². The molecule has 0 radical (unpaired) electrons. The van der Waals surface area contributed by atoms with E-state index >= 15 is 0 Å². The molecule has 4 heteroatoms. The van der Waals surface area contributed by atoms with E-state index in [1.54, 1.807) is 13.8 Å². The number of aliphatic carboxylic acids is 1. The zero-order valence-corrected chi connectivity index (χ0v) is 6.39. The molecular formula is C4H8INaO2. The molecule has 0 saturated heterocycles. The summed E-state index contributed by atoms with van der Waals surface area (Å²) in [6.45, 7) is 3.30. The average Bonchev–Trinajstić information content (AvgIpc) is 1.31. The molecule has 0 aliphatic carbocycles. The van der Waals surface area contributed by atoms with Crippen molar-refractivity contribution in [3.8, 4) is 0 Å². The summed E-state index contributed by atoms with van der Waals surface area (Å²) < 4.78 is -0.613. The van der Waals surface area contributed by atoms with Crippen molar-refractivity contribution in [1.29, 1.82) is 0 Å². The quantitative estimate of drug-likeness (QED) is 0.413. The van der Waals surface area contributed by atoms with Gasteiger partial charge in [0.2, 0.25) is 0 Å². The van der Waals surface area contributed by atoms with Crippen LogP contribution in [0.3, 0.4) is 0 Å². The molecule has 0 unspecified atom stereocenters. The number of carboxylic acid groups (broad SMARTS) is 1. The Bertz CT molecular complexity index is 86.5. The fourth-order valence-corrected chi connectivity index (χ4v) is 0. The maximum atomic E-state index is 10.0. The Kier molecular flexibility index (Phi) is 6.09. The fourth-order valence-electron chi connectivity index (χ4n) is 0. The monoisotopic (exact) mass is 238 g/mol. The van der Waals surface area contributed by atoms with Crippen molar-refractivity contribution in [3.63, 3.8) is 0 Å². The van der Waals surface area contributed by atoms with E-state index in [0.717, 1.165) is 0 Å². The Morgan fingerprint density at radius 2 is 1.75 bits per heavy atom. The van der Waals surface area contributed by atoms with Gasteiger partial charge in [-0.05, 0) is 13.8 Å². The van der Waals surface area contributed by atoms with Crippen LogP contribution < -0.4 is 0 Å². The second-order valence-electron chi connectivity index (χ2n) is 1.78. The van der Waals surface area contributed by atoms with Crippen molar-refractivity contribution in [3.05, 3.63) is 0 Å². The zero-order chi connectivity index (χ0) is 6.08. The summed E-state index contributed by atoms with van der Waals surface area (Å²) in [5.74, 6) is -0.770. The van der Waals surface area contributed by atoms with Crippen molar-refractivity contribution >= 4 is 58.1 Å². The second kappa shape index (κ2) is 4.09. The molecule has 8 heavy (non-hydrogen) atoms. The first-order valence-electron chi connectivity index (χ1n) is 1.87. The van der Waals surface area contributed by atoms with Gasteiger partial charge in [-0.25, -0.2) is 0 Å². The third kappa shape index (κ3) is 5.34. The maximum absolute atomic E-state index is 10.0. The number of alkyl halides is 1. The van der Waals surface area contributed by atoms with Gasteiger partial charge in [-0.15, -0.1) is 0 Å². The van der Waals surface area contributed by atoms with Gasteiger partial charge >= 0.3 is 35.5 Å². The summed E-state index contributed by atoms with van der Waals surface area (Å²) in [7, 11) is 0. The molecule has 0 amide bonds. The van der Waals surface area contributed by atoms with E-state index in [2.05, 4.69) is 0 Å². The second-order valence-corrected chi connectivity index (χ2v) is 4.47. The van der Waals surface area contributed by atoms with Crippen molar-refractivity contribution in [2.45, 2.75) is 17.3 Å². The number of halogens is 1. The summed E-state index contributed by atoms with van der Waals surface area (Å²) in [4.78, 5) is 10.0. The van der Waals surface area contributed by atoms with Gasteiger partial charge in [-0.3, -0.25) is 4.79 Å². The van der Waals surface area contributed by atoms with Crippen LogP contribution in [0, 0.1) is 0 Å². The normalized spacial score (nSPS) is 9.88.